The van der Waals surface area contributed by atoms with Gasteiger partial charge in [-0.3, -0.25) is 4.79 Å². The first-order valence-corrected chi connectivity index (χ1v) is 38.4. The van der Waals surface area contributed by atoms with E-state index in [9.17, 15) is 30.3 Å². The number of allylic oxidation sites excluding steroid dienone is 21. The van der Waals surface area contributed by atoms with Crippen LogP contribution >= 0.6 is 0 Å². The van der Waals surface area contributed by atoms with E-state index in [4.69, 9.17) is 9.47 Å². The minimum absolute atomic E-state index is 0.183. The molecule has 0 radical (unpaired) electrons. The summed E-state index contributed by atoms with van der Waals surface area (Å²) in [6.45, 7) is 3.69. The summed E-state index contributed by atoms with van der Waals surface area (Å²) in [5.74, 6) is -0.183. The van der Waals surface area contributed by atoms with Crippen LogP contribution in [0, 0.1) is 0 Å². The Morgan fingerprint density at radius 2 is 0.674 bits per heavy atom. The fourth-order valence-corrected chi connectivity index (χ4v) is 11.5. The second kappa shape index (κ2) is 70.1. The summed E-state index contributed by atoms with van der Waals surface area (Å²) < 4.78 is 11.3. The van der Waals surface area contributed by atoms with E-state index in [-0.39, 0.29) is 12.5 Å². The molecule has 0 aromatic carbocycles. The van der Waals surface area contributed by atoms with Crippen LogP contribution in [0.5, 0.6) is 0 Å². The first kappa shape index (κ1) is 86.3. The van der Waals surface area contributed by atoms with Crippen LogP contribution in [0.15, 0.2) is 134 Å². The number of aliphatic hydroxyl groups excluding tert-OH is 5. The lowest BCUT2D eigenvalue weighted by Crippen LogP contribution is -2.60. The van der Waals surface area contributed by atoms with Crippen molar-refractivity contribution in [2.24, 2.45) is 0 Å². The molecule has 9 heteroatoms. The minimum Gasteiger partial charge on any atom is -0.394 e. The molecule has 7 unspecified atom stereocenters. The molecule has 7 atom stereocenters. The summed E-state index contributed by atoms with van der Waals surface area (Å²) in [6.07, 6.45) is 99.9. The van der Waals surface area contributed by atoms with E-state index in [0.717, 1.165) is 116 Å². The van der Waals surface area contributed by atoms with Crippen molar-refractivity contribution in [3.05, 3.63) is 134 Å². The highest BCUT2D eigenvalue weighted by Crippen LogP contribution is 2.23. The zero-order valence-corrected chi connectivity index (χ0v) is 59.3. The number of aliphatic hydroxyl groups is 5. The van der Waals surface area contributed by atoms with Gasteiger partial charge in [0.2, 0.25) is 5.91 Å². The standard InChI is InChI=1S/C83H143NO8/c1-3-5-7-9-11-13-15-17-19-21-23-25-27-29-31-33-34-35-36-37-38-39-40-41-42-43-44-45-47-49-51-53-55-57-59-61-63-65-67-69-71-73-79(87)84-76(75-91-83-82(90)81(89)80(88)78(74-85)92-83)77(86)72-70-68-66-64-62-60-58-56-54-52-50-48-46-32-30-28-26-24-22-20-18-16-14-12-10-8-6-4-2/h5,7,11,13,17,19,23,25,29,31,34-35,37-38,40-41,43-44,47,49,70,72,76-78,80-83,85-86,88-90H,3-4,6,8-10,12,14-16,18,20-22,24,26-28,30,32-33,36,39,42,45-46,48,50-69,71,73-75H2,1-2H3,(H,84,87)/b7-5-,13-11-,19-17-,25-23-,31-29-,35-34-,38-37-,41-40-,44-43-,49-47-,72-70+. The zero-order chi connectivity index (χ0) is 66.4. The SMILES string of the molecule is CC/C=C\C/C=C\C/C=C\C/C=C\C/C=C\C/C=C\C/C=C\C/C=C\C/C=C\C/C=C\CCCCCCCCCCCCC(=O)NC(COC1OC(CO)C(O)C(O)C1O)C(O)/C=C/CCCCCCCCCCCCCCCCCCCCCCCCCCCC. The Morgan fingerprint density at radius 1 is 0.380 bits per heavy atom. The van der Waals surface area contributed by atoms with Crippen LogP contribution in [0.2, 0.25) is 0 Å². The van der Waals surface area contributed by atoms with E-state index in [0.29, 0.717) is 6.42 Å². The van der Waals surface area contributed by atoms with Crippen LogP contribution in [0.25, 0.3) is 0 Å². The summed E-state index contributed by atoms with van der Waals surface area (Å²) in [5, 5.41) is 54.9. The molecular weight excluding hydrogens is 1140 g/mol. The van der Waals surface area contributed by atoms with E-state index >= 15 is 0 Å². The molecule has 92 heavy (non-hydrogen) atoms. The molecular formula is C83H143NO8. The number of nitrogens with one attached hydrogen (secondary N) is 1. The third-order valence-corrected chi connectivity index (χ3v) is 17.5. The molecule has 1 saturated heterocycles. The smallest absolute Gasteiger partial charge is 0.220 e. The van der Waals surface area contributed by atoms with Crippen LogP contribution < -0.4 is 5.32 Å². The third-order valence-electron chi connectivity index (χ3n) is 17.5. The first-order chi connectivity index (χ1) is 45.3. The Balaban J connectivity index is 2.13. The van der Waals surface area contributed by atoms with Gasteiger partial charge in [-0.05, 0) is 96.3 Å². The van der Waals surface area contributed by atoms with Gasteiger partial charge in [-0.1, -0.05) is 359 Å². The Kier molecular flexibility index (Phi) is 65.8. The molecule has 1 aliphatic heterocycles. The molecule has 0 aliphatic carbocycles. The van der Waals surface area contributed by atoms with Crippen LogP contribution in [0.3, 0.4) is 0 Å². The summed E-state index contributed by atoms with van der Waals surface area (Å²) in [7, 11) is 0. The largest absolute Gasteiger partial charge is 0.394 e. The topological polar surface area (TPSA) is 149 Å². The van der Waals surface area contributed by atoms with Crippen molar-refractivity contribution in [3.63, 3.8) is 0 Å². The molecule has 0 spiro atoms. The normalized spacial score (nSPS) is 18.4. The quantitative estimate of drug-likeness (QED) is 0.0261. The molecule has 1 fully saturated rings. The number of hydrogen-bond donors (Lipinski definition) is 6. The third kappa shape index (κ3) is 57.7. The van der Waals surface area contributed by atoms with Crippen molar-refractivity contribution < 1.29 is 39.8 Å². The van der Waals surface area contributed by atoms with E-state index < -0.39 is 49.5 Å². The van der Waals surface area contributed by atoms with Crippen LogP contribution in [-0.2, 0) is 14.3 Å². The highest BCUT2D eigenvalue weighted by molar-refractivity contribution is 5.76. The molecule has 1 rings (SSSR count). The van der Waals surface area contributed by atoms with E-state index in [1.165, 1.54) is 193 Å². The molecule has 0 aromatic heterocycles. The Labute approximate surface area is 566 Å². The minimum atomic E-state index is -1.58. The van der Waals surface area contributed by atoms with Gasteiger partial charge in [0.05, 0.1) is 25.4 Å². The van der Waals surface area contributed by atoms with Gasteiger partial charge in [0.15, 0.2) is 6.29 Å². The van der Waals surface area contributed by atoms with Gasteiger partial charge in [0.1, 0.15) is 24.4 Å². The molecule has 528 valence electrons. The summed E-state index contributed by atoms with van der Waals surface area (Å²) >= 11 is 0. The maximum Gasteiger partial charge on any atom is 0.220 e. The molecule has 1 heterocycles. The van der Waals surface area contributed by atoms with Gasteiger partial charge in [-0.15, -0.1) is 0 Å². The summed E-state index contributed by atoms with van der Waals surface area (Å²) in [6, 6.07) is -0.818. The maximum absolute atomic E-state index is 13.2. The Hall–Kier alpha value is -3.67. The monoisotopic (exact) mass is 1280 g/mol. The van der Waals surface area contributed by atoms with Gasteiger partial charge in [0, 0.05) is 6.42 Å². The predicted octanol–water partition coefficient (Wildman–Crippen LogP) is 21.9. The second-order valence-corrected chi connectivity index (χ2v) is 26.1. The average Bonchev–Trinajstić information content (AvgIpc) is 1.00. The number of hydrogen-bond acceptors (Lipinski definition) is 8. The number of amides is 1. The first-order valence-electron chi connectivity index (χ1n) is 38.4. The molecule has 6 N–H and O–H groups in total. The zero-order valence-electron chi connectivity index (χ0n) is 59.3. The van der Waals surface area contributed by atoms with Gasteiger partial charge < -0.3 is 40.3 Å². The lowest BCUT2D eigenvalue weighted by Gasteiger charge is -2.40. The number of unbranched alkanes of at least 4 members (excludes halogenated alkanes) is 36. The molecule has 0 aromatic rings. The van der Waals surface area contributed by atoms with Crippen molar-refractivity contribution in [2.75, 3.05) is 13.2 Å². The lowest BCUT2D eigenvalue weighted by molar-refractivity contribution is -0.302. The highest BCUT2D eigenvalue weighted by atomic mass is 16.7. The van der Waals surface area contributed by atoms with Gasteiger partial charge >= 0.3 is 0 Å². The fourth-order valence-electron chi connectivity index (χ4n) is 11.5. The van der Waals surface area contributed by atoms with Crippen molar-refractivity contribution in [1.82, 2.24) is 5.32 Å². The van der Waals surface area contributed by atoms with Gasteiger partial charge in [-0.25, -0.2) is 0 Å². The maximum atomic E-state index is 13.2. The summed E-state index contributed by atoms with van der Waals surface area (Å²) in [5.41, 5.74) is 0. The predicted molar refractivity (Wildman–Crippen MR) is 396 cm³/mol. The molecule has 0 bridgehead atoms. The van der Waals surface area contributed by atoms with Crippen molar-refractivity contribution in [2.45, 2.75) is 371 Å². The number of ether oxygens (including phenoxy) is 2. The summed E-state index contributed by atoms with van der Waals surface area (Å²) in [4.78, 5) is 13.2. The van der Waals surface area contributed by atoms with Crippen LogP contribution in [0.1, 0.15) is 328 Å². The van der Waals surface area contributed by atoms with Crippen molar-refractivity contribution >= 4 is 5.91 Å². The number of carbonyl (C=O) groups is 1. The second-order valence-electron chi connectivity index (χ2n) is 26.1. The molecule has 9 nitrogen and oxygen atoms in total. The van der Waals surface area contributed by atoms with Crippen LogP contribution in [-0.4, -0.2) is 87.5 Å². The molecule has 0 saturated carbocycles. The van der Waals surface area contributed by atoms with Crippen molar-refractivity contribution in [3.8, 4) is 0 Å². The number of carbonyl (C=O) groups excluding carboxylic acids is 1. The fraction of sp³-hybridized carbons (Fsp3) is 0.723. The van der Waals surface area contributed by atoms with Crippen molar-refractivity contribution in [1.29, 1.82) is 0 Å². The van der Waals surface area contributed by atoms with E-state index in [1.807, 2.05) is 6.08 Å². The lowest BCUT2D eigenvalue weighted by atomic mass is 9.99. The van der Waals surface area contributed by atoms with E-state index in [1.54, 1.807) is 6.08 Å². The molecule has 1 amide bonds. The molecule has 1 aliphatic rings. The number of rotatable bonds is 66. The van der Waals surface area contributed by atoms with Gasteiger partial charge in [-0.2, -0.15) is 0 Å². The highest BCUT2D eigenvalue weighted by Gasteiger charge is 2.44. The van der Waals surface area contributed by atoms with Crippen LogP contribution in [0.4, 0.5) is 0 Å². The Morgan fingerprint density at radius 3 is 1.00 bits per heavy atom. The van der Waals surface area contributed by atoms with Gasteiger partial charge in [0.25, 0.3) is 0 Å². The average molecular weight is 1280 g/mol. The Bertz CT molecular complexity index is 1920. The van der Waals surface area contributed by atoms with E-state index in [2.05, 4.69) is 141 Å².